The number of hydrogen-bond acceptors (Lipinski definition) is 2. The third-order valence-electron chi connectivity index (χ3n) is 1.92. The first-order chi connectivity index (χ1) is 6.22. The molecule has 1 unspecified atom stereocenters. The van der Waals surface area contributed by atoms with Gasteiger partial charge in [-0.15, -0.1) is 0 Å². The third-order valence-corrected chi connectivity index (χ3v) is 1.92. The van der Waals surface area contributed by atoms with Gasteiger partial charge in [-0.1, -0.05) is 0 Å². The van der Waals surface area contributed by atoms with Crippen LogP contribution in [0, 0.1) is 0 Å². The summed E-state index contributed by atoms with van der Waals surface area (Å²) < 4.78 is 7.12. The molecule has 3 nitrogen and oxygen atoms in total. The topological polar surface area (TPSA) is 40.2 Å². The molecule has 0 aliphatic rings. The predicted octanol–water partition coefficient (Wildman–Crippen LogP) is 1.02. The third kappa shape index (κ3) is 3.61. The van der Waals surface area contributed by atoms with Crippen molar-refractivity contribution in [2.24, 2.45) is 5.73 Å². The zero-order valence-corrected chi connectivity index (χ0v) is 8.36. The van der Waals surface area contributed by atoms with E-state index in [0.29, 0.717) is 0 Å². The minimum atomic E-state index is 0.235. The van der Waals surface area contributed by atoms with Crippen LogP contribution in [0.15, 0.2) is 18.5 Å². The molecule has 0 radical (unpaired) electrons. The SMILES string of the molecule is COCCn1ccc(CC(C)N)c1. The molecule has 2 N–H and O–H groups in total. The van der Waals surface area contributed by atoms with Crippen LogP contribution >= 0.6 is 0 Å². The highest BCUT2D eigenvalue weighted by atomic mass is 16.5. The standard InChI is InChI=1S/C10H18N2O/c1-9(11)7-10-3-4-12(8-10)5-6-13-2/h3-4,8-9H,5-7,11H2,1-2H3. The molecular weight excluding hydrogens is 164 g/mol. The fourth-order valence-electron chi connectivity index (χ4n) is 1.32. The molecular formula is C10H18N2O. The molecule has 1 atom stereocenters. The molecule has 0 aliphatic heterocycles. The number of aromatic nitrogens is 1. The number of rotatable bonds is 5. The van der Waals surface area contributed by atoms with Gasteiger partial charge in [0.25, 0.3) is 0 Å². The second kappa shape index (κ2) is 5.04. The van der Waals surface area contributed by atoms with E-state index in [4.69, 9.17) is 10.5 Å². The zero-order chi connectivity index (χ0) is 9.68. The molecule has 74 valence electrons. The van der Waals surface area contributed by atoms with Crippen LogP contribution in [0.1, 0.15) is 12.5 Å². The van der Waals surface area contributed by atoms with Gasteiger partial charge in [-0.3, -0.25) is 0 Å². The molecule has 0 aliphatic carbocycles. The van der Waals surface area contributed by atoms with Gasteiger partial charge in [-0.25, -0.2) is 0 Å². The van der Waals surface area contributed by atoms with Gasteiger partial charge in [0.05, 0.1) is 6.61 Å². The van der Waals surface area contributed by atoms with E-state index in [2.05, 4.69) is 23.0 Å². The largest absolute Gasteiger partial charge is 0.383 e. The Morgan fingerprint density at radius 2 is 2.38 bits per heavy atom. The Hall–Kier alpha value is -0.800. The van der Waals surface area contributed by atoms with Crippen molar-refractivity contribution >= 4 is 0 Å². The summed E-state index contributed by atoms with van der Waals surface area (Å²) >= 11 is 0. The van der Waals surface area contributed by atoms with Crippen LogP contribution in [-0.2, 0) is 17.7 Å². The maximum Gasteiger partial charge on any atom is 0.0641 e. The Morgan fingerprint density at radius 1 is 1.62 bits per heavy atom. The maximum absolute atomic E-state index is 5.70. The summed E-state index contributed by atoms with van der Waals surface area (Å²) in [6.07, 6.45) is 5.14. The summed E-state index contributed by atoms with van der Waals surface area (Å²) in [6, 6.07) is 2.34. The van der Waals surface area contributed by atoms with Crippen molar-refractivity contribution in [3.8, 4) is 0 Å². The number of ether oxygens (including phenoxy) is 1. The molecule has 1 aromatic heterocycles. The molecule has 0 aromatic carbocycles. The van der Waals surface area contributed by atoms with Crippen molar-refractivity contribution in [1.29, 1.82) is 0 Å². The van der Waals surface area contributed by atoms with Crippen LogP contribution in [0.3, 0.4) is 0 Å². The van der Waals surface area contributed by atoms with E-state index in [1.54, 1.807) is 7.11 Å². The molecule has 1 heterocycles. The van der Waals surface area contributed by atoms with E-state index in [1.807, 2.05) is 6.92 Å². The summed E-state index contributed by atoms with van der Waals surface area (Å²) in [7, 11) is 1.71. The second-order valence-electron chi connectivity index (χ2n) is 3.43. The summed E-state index contributed by atoms with van der Waals surface area (Å²) in [5, 5.41) is 0. The number of nitrogens with two attached hydrogens (primary N) is 1. The minimum absolute atomic E-state index is 0.235. The van der Waals surface area contributed by atoms with Crippen LogP contribution < -0.4 is 5.73 Å². The van der Waals surface area contributed by atoms with E-state index in [9.17, 15) is 0 Å². The van der Waals surface area contributed by atoms with Gasteiger partial charge in [-0.2, -0.15) is 0 Å². The van der Waals surface area contributed by atoms with E-state index in [1.165, 1.54) is 5.56 Å². The van der Waals surface area contributed by atoms with E-state index in [0.717, 1.165) is 19.6 Å². The predicted molar refractivity (Wildman–Crippen MR) is 53.7 cm³/mol. The minimum Gasteiger partial charge on any atom is -0.383 e. The lowest BCUT2D eigenvalue weighted by Crippen LogP contribution is -2.17. The Balaban J connectivity index is 2.44. The van der Waals surface area contributed by atoms with Crippen molar-refractivity contribution in [1.82, 2.24) is 4.57 Å². The smallest absolute Gasteiger partial charge is 0.0641 e. The molecule has 0 saturated carbocycles. The zero-order valence-electron chi connectivity index (χ0n) is 8.36. The van der Waals surface area contributed by atoms with Gasteiger partial charge in [0.15, 0.2) is 0 Å². The summed E-state index contributed by atoms with van der Waals surface area (Å²) in [5.74, 6) is 0. The number of nitrogens with zero attached hydrogens (tertiary/aromatic N) is 1. The quantitative estimate of drug-likeness (QED) is 0.738. The van der Waals surface area contributed by atoms with Crippen LogP contribution in [0.4, 0.5) is 0 Å². The second-order valence-corrected chi connectivity index (χ2v) is 3.43. The average Bonchev–Trinajstić information content (AvgIpc) is 2.48. The monoisotopic (exact) mass is 182 g/mol. The lowest BCUT2D eigenvalue weighted by molar-refractivity contribution is 0.187. The van der Waals surface area contributed by atoms with Gasteiger partial charge >= 0.3 is 0 Å². The van der Waals surface area contributed by atoms with E-state index >= 15 is 0 Å². The van der Waals surface area contributed by atoms with Crippen molar-refractivity contribution in [3.05, 3.63) is 24.0 Å². The van der Waals surface area contributed by atoms with Gasteiger partial charge < -0.3 is 15.0 Å². The Morgan fingerprint density at radius 3 is 3.00 bits per heavy atom. The summed E-state index contributed by atoms with van der Waals surface area (Å²) in [4.78, 5) is 0. The fourth-order valence-corrected chi connectivity index (χ4v) is 1.32. The fraction of sp³-hybridized carbons (Fsp3) is 0.600. The van der Waals surface area contributed by atoms with Gasteiger partial charge in [0.2, 0.25) is 0 Å². The highest BCUT2D eigenvalue weighted by molar-refractivity contribution is 5.11. The Bertz CT molecular complexity index is 243. The molecule has 1 aromatic rings. The van der Waals surface area contributed by atoms with Crippen LogP contribution in [0.5, 0.6) is 0 Å². The Kier molecular flexibility index (Phi) is 3.99. The van der Waals surface area contributed by atoms with Gasteiger partial charge in [-0.05, 0) is 25.0 Å². The molecule has 0 fully saturated rings. The molecule has 0 saturated heterocycles. The first kappa shape index (κ1) is 10.3. The lowest BCUT2D eigenvalue weighted by Gasteiger charge is -2.02. The maximum atomic E-state index is 5.70. The van der Waals surface area contributed by atoms with Crippen LogP contribution in [-0.4, -0.2) is 24.3 Å². The summed E-state index contributed by atoms with van der Waals surface area (Å²) in [5.41, 5.74) is 7.00. The van der Waals surface area contributed by atoms with Crippen molar-refractivity contribution < 1.29 is 4.74 Å². The van der Waals surface area contributed by atoms with Gasteiger partial charge in [0.1, 0.15) is 0 Å². The van der Waals surface area contributed by atoms with Crippen molar-refractivity contribution in [3.63, 3.8) is 0 Å². The lowest BCUT2D eigenvalue weighted by atomic mass is 10.1. The van der Waals surface area contributed by atoms with Gasteiger partial charge in [0, 0.05) is 32.1 Å². The number of hydrogen-bond donors (Lipinski definition) is 1. The first-order valence-electron chi connectivity index (χ1n) is 4.61. The highest BCUT2D eigenvalue weighted by Gasteiger charge is 1.99. The highest BCUT2D eigenvalue weighted by Crippen LogP contribution is 2.03. The van der Waals surface area contributed by atoms with E-state index < -0.39 is 0 Å². The normalized spacial score (nSPS) is 13.2. The average molecular weight is 182 g/mol. The Labute approximate surface area is 79.5 Å². The molecule has 3 heteroatoms. The molecule has 1 rings (SSSR count). The summed E-state index contributed by atoms with van der Waals surface area (Å²) in [6.45, 7) is 3.69. The molecule has 0 bridgehead atoms. The number of methoxy groups -OCH3 is 1. The van der Waals surface area contributed by atoms with Crippen molar-refractivity contribution in [2.75, 3.05) is 13.7 Å². The molecule has 0 spiro atoms. The van der Waals surface area contributed by atoms with Crippen LogP contribution in [0.25, 0.3) is 0 Å². The van der Waals surface area contributed by atoms with Crippen molar-refractivity contribution in [2.45, 2.75) is 25.9 Å². The van der Waals surface area contributed by atoms with E-state index in [-0.39, 0.29) is 6.04 Å². The van der Waals surface area contributed by atoms with Crippen LogP contribution in [0.2, 0.25) is 0 Å². The molecule has 13 heavy (non-hydrogen) atoms. The first-order valence-corrected chi connectivity index (χ1v) is 4.61. The molecule has 0 amide bonds.